The summed E-state index contributed by atoms with van der Waals surface area (Å²) in [6, 6.07) is 9.56. The second-order valence-corrected chi connectivity index (χ2v) is 7.55. The average Bonchev–Trinajstić information content (AvgIpc) is 3.17. The standard InChI is InChI=1S/C20H24N4O2/c1-14-16(13-23(2)22-14)19(26)24-10-8-20(9-11-24)12-17(20)21-18(25)15-6-4-3-5-7-15/h3-7,13,17H,8-12H2,1-2H3,(H,21,25). The molecule has 4 rings (SSSR count). The van der Waals surface area contributed by atoms with Gasteiger partial charge >= 0.3 is 0 Å². The molecule has 1 saturated heterocycles. The molecule has 2 amide bonds. The summed E-state index contributed by atoms with van der Waals surface area (Å²) >= 11 is 0. The number of likely N-dealkylation sites (tertiary alicyclic amines) is 1. The van der Waals surface area contributed by atoms with E-state index < -0.39 is 0 Å². The summed E-state index contributed by atoms with van der Waals surface area (Å²) < 4.78 is 1.68. The van der Waals surface area contributed by atoms with E-state index in [-0.39, 0.29) is 23.3 Å². The van der Waals surface area contributed by atoms with Gasteiger partial charge in [0, 0.05) is 37.9 Å². The number of hydrogen-bond donors (Lipinski definition) is 1. The molecular weight excluding hydrogens is 328 g/mol. The molecule has 136 valence electrons. The van der Waals surface area contributed by atoms with Gasteiger partial charge in [-0.25, -0.2) is 0 Å². The van der Waals surface area contributed by atoms with Crippen molar-refractivity contribution in [1.82, 2.24) is 20.0 Å². The molecule has 2 heterocycles. The number of hydrogen-bond acceptors (Lipinski definition) is 3. The molecule has 1 saturated carbocycles. The van der Waals surface area contributed by atoms with E-state index in [1.165, 1.54) is 0 Å². The van der Waals surface area contributed by atoms with Crippen molar-refractivity contribution in [1.29, 1.82) is 0 Å². The third kappa shape index (κ3) is 3.00. The third-order valence-corrected chi connectivity index (χ3v) is 5.82. The van der Waals surface area contributed by atoms with Gasteiger partial charge in [0.25, 0.3) is 11.8 Å². The maximum absolute atomic E-state index is 12.7. The smallest absolute Gasteiger partial charge is 0.257 e. The highest BCUT2D eigenvalue weighted by molar-refractivity contribution is 5.95. The van der Waals surface area contributed by atoms with Crippen LogP contribution in [0.1, 0.15) is 45.7 Å². The maximum Gasteiger partial charge on any atom is 0.257 e. The van der Waals surface area contributed by atoms with E-state index >= 15 is 0 Å². The SMILES string of the molecule is Cc1nn(C)cc1C(=O)N1CCC2(CC1)CC2NC(=O)c1ccccc1. The van der Waals surface area contributed by atoms with Crippen molar-refractivity contribution in [3.05, 3.63) is 53.3 Å². The van der Waals surface area contributed by atoms with Crippen LogP contribution >= 0.6 is 0 Å². The van der Waals surface area contributed by atoms with Gasteiger partial charge in [-0.2, -0.15) is 5.10 Å². The first-order chi connectivity index (χ1) is 12.5. The summed E-state index contributed by atoms with van der Waals surface area (Å²) in [5.74, 6) is 0.0629. The van der Waals surface area contributed by atoms with Gasteiger partial charge in [0.05, 0.1) is 11.3 Å². The zero-order valence-corrected chi connectivity index (χ0v) is 15.2. The summed E-state index contributed by atoms with van der Waals surface area (Å²) in [7, 11) is 1.83. The van der Waals surface area contributed by atoms with Crippen LogP contribution in [0.3, 0.4) is 0 Å². The Labute approximate surface area is 153 Å². The number of nitrogens with zero attached hydrogens (tertiary/aromatic N) is 3. The van der Waals surface area contributed by atoms with Crippen molar-refractivity contribution in [3.8, 4) is 0 Å². The first-order valence-corrected chi connectivity index (χ1v) is 9.14. The Morgan fingerprint density at radius 3 is 2.50 bits per heavy atom. The van der Waals surface area contributed by atoms with Crippen molar-refractivity contribution in [2.75, 3.05) is 13.1 Å². The zero-order valence-electron chi connectivity index (χ0n) is 15.2. The van der Waals surface area contributed by atoms with E-state index in [4.69, 9.17) is 0 Å². The van der Waals surface area contributed by atoms with Crippen LogP contribution in [-0.4, -0.2) is 45.6 Å². The number of carbonyl (C=O) groups excluding carboxylic acids is 2. The molecule has 1 spiro atoms. The molecular formula is C20H24N4O2. The molecule has 2 fully saturated rings. The summed E-state index contributed by atoms with van der Waals surface area (Å²) in [5, 5.41) is 7.43. The molecule has 1 aromatic carbocycles. The Kier molecular flexibility index (Phi) is 4.05. The van der Waals surface area contributed by atoms with Crippen LogP contribution in [0.5, 0.6) is 0 Å². The van der Waals surface area contributed by atoms with Gasteiger partial charge in [0.15, 0.2) is 0 Å². The molecule has 1 unspecified atom stereocenters. The van der Waals surface area contributed by atoms with E-state index in [9.17, 15) is 9.59 Å². The molecule has 6 nitrogen and oxygen atoms in total. The van der Waals surface area contributed by atoms with Gasteiger partial charge in [0.2, 0.25) is 0 Å². The molecule has 1 atom stereocenters. The number of aromatic nitrogens is 2. The van der Waals surface area contributed by atoms with Crippen LogP contribution in [0.15, 0.2) is 36.5 Å². The van der Waals surface area contributed by atoms with Gasteiger partial charge in [-0.05, 0) is 43.7 Å². The van der Waals surface area contributed by atoms with Crippen LogP contribution in [-0.2, 0) is 7.05 Å². The van der Waals surface area contributed by atoms with E-state index in [1.54, 1.807) is 10.9 Å². The minimum atomic E-state index is -0.00281. The van der Waals surface area contributed by atoms with Gasteiger partial charge in [-0.15, -0.1) is 0 Å². The number of nitrogens with one attached hydrogen (secondary N) is 1. The number of benzene rings is 1. The minimum absolute atomic E-state index is 0.00281. The maximum atomic E-state index is 12.7. The van der Waals surface area contributed by atoms with Crippen molar-refractivity contribution < 1.29 is 9.59 Å². The van der Waals surface area contributed by atoms with E-state index in [1.807, 2.05) is 49.2 Å². The van der Waals surface area contributed by atoms with Crippen LogP contribution in [0.2, 0.25) is 0 Å². The fourth-order valence-electron chi connectivity index (χ4n) is 4.07. The second-order valence-electron chi connectivity index (χ2n) is 7.55. The molecule has 2 aliphatic rings. The number of aryl methyl sites for hydroxylation is 2. The lowest BCUT2D eigenvalue weighted by atomic mass is 9.92. The predicted octanol–water partition coefficient (Wildman–Crippen LogP) is 2.15. The summed E-state index contributed by atoms with van der Waals surface area (Å²) in [5.41, 5.74) is 2.34. The largest absolute Gasteiger partial charge is 0.349 e. The zero-order chi connectivity index (χ0) is 18.3. The minimum Gasteiger partial charge on any atom is -0.349 e. The molecule has 2 aromatic rings. The van der Waals surface area contributed by atoms with Crippen molar-refractivity contribution >= 4 is 11.8 Å². The highest BCUT2D eigenvalue weighted by Crippen LogP contribution is 2.54. The molecule has 6 heteroatoms. The fourth-order valence-corrected chi connectivity index (χ4v) is 4.07. The molecule has 1 aromatic heterocycles. The quantitative estimate of drug-likeness (QED) is 0.920. The van der Waals surface area contributed by atoms with Gasteiger partial charge in [-0.1, -0.05) is 18.2 Å². The Balaban J connectivity index is 1.34. The molecule has 1 aliphatic carbocycles. The Morgan fingerprint density at radius 2 is 1.88 bits per heavy atom. The van der Waals surface area contributed by atoms with Gasteiger partial charge in [-0.3, -0.25) is 14.3 Å². The average molecular weight is 352 g/mol. The van der Waals surface area contributed by atoms with Gasteiger partial charge in [0.1, 0.15) is 0 Å². The lowest BCUT2D eigenvalue weighted by Gasteiger charge is -2.33. The van der Waals surface area contributed by atoms with E-state index in [0.29, 0.717) is 11.1 Å². The molecule has 0 radical (unpaired) electrons. The van der Waals surface area contributed by atoms with Crippen molar-refractivity contribution in [2.45, 2.75) is 32.2 Å². The molecule has 0 bridgehead atoms. The fraction of sp³-hybridized carbons (Fsp3) is 0.450. The topological polar surface area (TPSA) is 67.2 Å². The monoisotopic (exact) mass is 352 g/mol. The van der Waals surface area contributed by atoms with Crippen molar-refractivity contribution in [3.63, 3.8) is 0 Å². The Bertz CT molecular complexity index is 835. The number of carbonyl (C=O) groups is 2. The summed E-state index contributed by atoms with van der Waals surface area (Å²) in [4.78, 5) is 27.0. The number of amides is 2. The summed E-state index contributed by atoms with van der Waals surface area (Å²) in [6.07, 6.45) is 4.69. The molecule has 1 N–H and O–H groups in total. The lowest BCUT2D eigenvalue weighted by molar-refractivity contribution is 0.0667. The van der Waals surface area contributed by atoms with Crippen LogP contribution in [0.25, 0.3) is 0 Å². The Hall–Kier alpha value is -2.63. The number of piperidine rings is 1. The molecule has 26 heavy (non-hydrogen) atoms. The van der Waals surface area contributed by atoms with Crippen LogP contribution in [0.4, 0.5) is 0 Å². The first kappa shape index (κ1) is 16.8. The lowest BCUT2D eigenvalue weighted by Crippen LogP contribution is -2.41. The first-order valence-electron chi connectivity index (χ1n) is 9.14. The Morgan fingerprint density at radius 1 is 1.19 bits per heavy atom. The predicted molar refractivity (Wildman–Crippen MR) is 97.8 cm³/mol. The van der Waals surface area contributed by atoms with E-state index in [0.717, 1.165) is 38.0 Å². The third-order valence-electron chi connectivity index (χ3n) is 5.82. The van der Waals surface area contributed by atoms with Crippen molar-refractivity contribution in [2.24, 2.45) is 12.5 Å². The van der Waals surface area contributed by atoms with Gasteiger partial charge < -0.3 is 10.2 Å². The number of rotatable bonds is 3. The second kappa shape index (κ2) is 6.27. The highest BCUT2D eigenvalue weighted by atomic mass is 16.2. The van der Waals surface area contributed by atoms with E-state index in [2.05, 4.69) is 10.4 Å². The summed E-state index contributed by atoms with van der Waals surface area (Å²) in [6.45, 7) is 3.35. The normalized spacial score (nSPS) is 20.8. The van der Waals surface area contributed by atoms with Crippen LogP contribution < -0.4 is 5.32 Å². The van der Waals surface area contributed by atoms with Crippen LogP contribution in [0, 0.1) is 12.3 Å². The highest BCUT2D eigenvalue weighted by Gasteiger charge is 2.56. The molecule has 1 aliphatic heterocycles.